The van der Waals surface area contributed by atoms with E-state index in [-0.39, 0.29) is 28.6 Å². The van der Waals surface area contributed by atoms with Gasteiger partial charge in [0, 0.05) is 60.6 Å². The second kappa shape index (κ2) is 14.0. The van der Waals surface area contributed by atoms with Crippen molar-refractivity contribution >= 4 is 17.5 Å². The van der Waals surface area contributed by atoms with Crippen molar-refractivity contribution in [2.45, 2.75) is 6.92 Å². The first-order valence-electron chi connectivity index (χ1n) is 8.41. The summed E-state index contributed by atoms with van der Waals surface area (Å²) >= 11 is 0. The Morgan fingerprint density at radius 2 is 1.28 bits per heavy atom. The smallest absolute Gasteiger partial charge is 0.300 e. The number of allylic oxidation sites excluding steroid dienone is 8. The fourth-order valence-corrected chi connectivity index (χ4v) is 2.12. The van der Waals surface area contributed by atoms with E-state index in [2.05, 4.69) is 10.6 Å². The zero-order chi connectivity index (χ0) is 20.9. The average molecular weight is 443 g/mol. The first-order chi connectivity index (χ1) is 13.4. The van der Waals surface area contributed by atoms with Gasteiger partial charge in [-0.2, -0.15) is 0 Å². The molecular weight excluding hydrogens is 419 g/mol. The van der Waals surface area contributed by atoms with Crippen molar-refractivity contribution < 1.29 is 46.0 Å². The van der Waals surface area contributed by atoms with Crippen LogP contribution in [0, 0.1) is 0 Å². The SMILES string of the molecule is CC(=O)O.COC1=CC=C/C(=C/NCCN/C=C2/C=CC=C(OC)C2=O)C1=O.[Mn]. The molecule has 0 aromatic rings. The van der Waals surface area contributed by atoms with Gasteiger partial charge in [0.25, 0.3) is 5.97 Å². The van der Waals surface area contributed by atoms with Crippen molar-refractivity contribution in [2.24, 2.45) is 0 Å². The summed E-state index contributed by atoms with van der Waals surface area (Å²) in [5.74, 6) is -0.505. The Morgan fingerprint density at radius 1 is 0.931 bits per heavy atom. The van der Waals surface area contributed by atoms with Gasteiger partial charge in [-0.05, 0) is 24.3 Å². The maximum Gasteiger partial charge on any atom is 0.300 e. The number of carbonyl (C=O) groups excluding carboxylic acids is 2. The van der Waals surface area contributed by atoms with E-state index in [9.17, 15) is 9.59 Å². The van der Waals surface area contributed by atoms with Crippen LogP contribution in [0.4, 0.5) is 0 Å². The third-order valence-electron chi connectivity index (χ3n) is 3.39. The molecule has 0 bridgehead atoms. The Morgan fingerprint density at radius 3 is 1.59 bits per heavy atom. The molecule has 1 radical (unpaired) electrons. The van der Waals surface area contributed by atoms with E-state index in [0.717, 1.165) is 6.92 Å². The van der Waals surface area contributed by atoms with Gasteiger partial charge in [-0.25, -0.2) is 0 Å². The number of rotatable bonds is 7. The number of carbonyl (C=O) groups is 3. The molecule has 0 unspecified atom stereocenters. The molecule has 0 heterocycles. The second-order valence-electron chi connectivity index (χ2n) is 5.47. The Bertz CT molecular complexity index is 727. The molecule has 2 rings (SSSR count). The zero-order valence-electron chi connectivity index (χ0n) is 16.4. The Balaban J connectivity index is 0.00000143. The van der Waals surface area contributed by atoms with E-state index in [1.165, 1.54) is 14.2 Å². The third kappa shape index (κ3) is 9.14. The van der Waals surface area contributed by atoms with Crippen LogP contribution in [0.5, 0.6) is 0 Å². The van der Waals surface area contributed by atoms with Gasteiger partial charge >= 0.3 is 0 Å². The molecule has 29 heavy (non-hydrogen) atoms. The quantitative estimate of drug-likeness (QED) is 0.307. The maximum absolute atomic E-state index is 11.9. The van der Waals surface area contributed by atoms with Gasteiger partial charge in [-0.3, -0.25) is 14.4 Å². The van der Waals surface area contributed by atoms with Crippen LogP contribution in [-0.4, -0.2) is 50.0 Å². The number of Topliss-reactive ketones (excluding diaryl/α,β-unsaturated/α-hetero) is 2. The van der Waals surface area contributed by atoms with Crippen molar-refractivity contribution in [1.29, 1.82) is 0 Å². The topological polar surface area (TPSA) is 114 Å². The van der Waals surface area contributed by atoms with Crippen LogP contribution in [0.1, 0.15) is 6.92 Å². The van der Waals surface area contributed by atoms with E-state index in [4.69, 9.17) is 19.4 Å². The predicted molar refractivity (Wildman–Crippen MR) is 104 cm³/mol. The Hall–Kier alpha value is -3.03. The summed E-state index contributed by atoms with van der Waals surface area (Å²) in [7, 11) is 2.94. The third-order valence-corrected chi connectivity index (χ3v) is 3.39. The van der Waals surface area contributed by atoms with Gasteiger partial charge < -0.3 is 25.2 Å². The molecule has 8 nitrogen and oxygen atoms in total. The van der Waals surface area contributed by atoms with E-state index >= 15 is 0 Å². The van der Waals surface area contributed by atoms with Crippen molar-refractivity contribution in [3.63, 3.8) is 0 Å². The van der Waals surface area contributed by atoms with Crippen molar-refractivity contribution in [3.8, 4) is 0 Å². The van der Waals surface area contributed by atoms with E-state index in [1.807, 2.05) is 0 Å². The molecule has 2 aliphatic carbocycles. The largest absolute Gasteiger partial charge is 0.493 e. The molecule has 0 saturated carbocycles. The summed E-state index contributed by atoms with van der Waals surface area (Å²) in [4.78, 5) is 32.9. The van der Waals surface area contributed by atoms with Crippen molar-refractivity contribution in [3.05, 3.63) is 71.5 Å². The molecule has 0 amide bonds. The van der Waals surface area contributed by atoms with Crippen LogP contribution in [-0.2, 0) is 40.9 Å². The van der Waals surface area contributed by atoms with Gasteiger partial charge in [0.1, 0.15) is 0 Å². The Kier molecular flexibility index (Phi) is 12.6. The number of methoxy groups -OCH3 is 2. The molecule has 0 aromatic heterocycles. The molecule has 157 valence electrons. The number of hydrogen-bond acceptors (Lipinski definition) is 7. The number of nitrogens with one attached hydrogen (secondary N) is 2. The molecular formula is C20H24MnN2O6. The second-order valence-corrected chi connectivity index (χ2v) is 5.47. The number of aliphatic carboxylic acids is 1. The normalized spacial score (nSPS) is 17.5. The minimum atomic E-state index is -0.833. The first-order valence-corrected chi connectivity index (χ1v) is 8.41. The predicted octanol–water partition coefficient (Wildman–Crippen LogP) is 1.36. The number of carboxylic acid groups (broad SMARTS) is 1. The zero-order valence-corrected chi connectivity index (χ0v) is 17.6. The van der Waals surface area contributed by atoms with Crippen LogP contribution in [0.25, 0.3) is 0 Å². The fraction of sp³-hybridized carbons (Fsp3) is 0.250. The number of ketones is 2. The number of carboxylic acids is 1. The van der Waals surface area contributed by atoms with Gasteiger partial charge in [-0.1, -0.05) is 12.2 Å². The van der Waals surface area contributed by atoms with Crippen LogP contribution in [0.3, 0.4) is 0 Å². The van der Waals surface area contributed by atoms with E-state index in [0.29, 0.717) is 35.8 Å². The van der Waals surface area contributed by atoms with Crippen LogP contribution in [0.2, 0.25) is 0 Å². The summed E-state index contributed by atoms with van der Waals surface area (Å²) in [5.41, 5.74) is 1.07. The summed E-state index contributed by atoms with van der Waals surface area (Å²) in [5, 5.41) is 13.5. The summed E-state index contributed by atoms with van der Waals surface area (Å²) in [6.07, 6.45) is 13.5. The molecule has 0 aliphatic heterocycles. The average Bonchev–Trinajstić information content (AvgIpc) is 2.66. The molecule has 3 N–H and O–H groups in total. The van der Waals surface area contributed by atoms with Crippen molar-refractivity contribution in [1.82, 2.24) is 10.6 Å². The number of hydrogen-bond donors (Lipinski definition) is 3. The molecule has 9 heteroatoms. The minimum Gasteiger partial charge on any atom is -0.493 e. The maximum atomic E-state index is 11.9. The molecule has 2 aliphatic rings. The minimum absolute atomic E-state index is 0. The van der Waals surface area contributed by atoms with Gasteiger partial charge in [-0.15, -0.1) is 0 Å². The summed E-state index contributed by atoms with van der Waals surface area (Å²) in [6.45, 7) is 2.26. The van der Waals surface area contributed by atoms with Crippen LogP contribution < -0.4 is 10.6 Å². The van der Waals surface area contributed by atoms with Crippen LogP contribution in [0.15, 0.2) is 71.5 Å². The fourth-order valence-electron chi connectivity index (χ4n) is 2.12. The number of ether oxygens (including phenoxy) is 2. The van der Waals surface area contributed by atoms with E-state index < -0.39 is 5.97 Å². The Labute approximate surface area is 180 Å². The summed E-state index contributed by atoms with van der Waals surface area (Å²) in [6, 6.07) is 0. The molecule has 0 spiro atoms. The van der Waals surface area contributed by atoms with Crippen molar-refractivity contribution in [2.75, 3.05) is 27.3 Å². The van der Waals surface area contributed by atoms with Crippen LogP contribution >= 0.6 is 0 Å². The van der Waals surface area contributed by atoms with Gasteiger partial charge in [0.15, 0.2) is 11.5 Å². The van der Waals surface area contributed by atoms with Gasteiger partial charge in [0.2, 0.25) is 11.6 Å². The molecule has 0 fully saturated rings. The summed E-state index contributed by atoms with van der Waals surface area (Å²) < 4.78 is 9.98. The molecule has 0 aromatic carbocycles. The van der Waals surface area contributed by atoms with E-state index in [1.54, 1.807) is 48.9 Å². The van der Waals surface area contributed by atoms with Gasteiger partial charge in [0.05, 0.1) is 14.2 Å². The standard InChI is InChI=1S/C18H20N2O4.C2H4O2.Mn/c1-23-15-7-3-5-13(17(15)21)11-19-9-10-20-12-14-6-4-8-16(24-2)18(14)22;1-2(3)4;/h3-8,11-12,19-20H,9-10H2,1-2H3;1H3,(H,3,4);/b13-11-,14-12-;;. The first kappa shape index (κ1) is 26.0. The molecule has 0 atom stereocenters. The monoisotopic (exact) mass is 443 g/mol. The molecule has 0 saturated heterocycles.